The number of benzene rings is 2. The fourth-order valence-electron chi connectivity index (χ4n) is 2.54. The number of hydrogen-bond acceptors (Lipinski definition) is 1. The molecule has 0 bridgehead atoms. The van der Waals surface area contributed by atoms with Gasteiger partial charge < -0.3 is 5.32 Å². The van der Waals surface area contributed by atoms with Gasteiger partial charge in [-0.25, -0.2) is 4.39 Å². The molecule has 0 amide bonds. The molecule has 3 rings (SSSR count). The van der Waals surface area contributed by atoms with Crippen molar-refractivity contribution in [2.75, 3.05) is 5.32 Å². The molecule has 2 aromatic carbocycles. The Hall–Kier alpha value is -1.10. The van der Waals surface area contributed by atoms with E-state index in [1.54, 1.807) is 12.1 Å². The molecule has 1 aliphatic rings. The highest BCUT2D eigenvalue weighted by atomic mass is 127. The summed E-state index contributed by atoms with van der Waals surface area (Å²) in [4.78, 5) is 0. The summed E-state index contributed by atoms with van der Waals surface area (Å²) in [6.07, 6.45) is 1.78. The van der Waals surface area contributed by atoms with Crippen LogP contribution in [0.15, 0.2) is 42.5 Å². The highest BCUT2D eigenvalue weighted by Gasteiger charge is 2.24. The summed E-state index contributed by atoms with van der Waals surface area (Å²) in [7, 11) is 0. The van der Waals surface area contributed by atoms with Crippen molar-refractivity contribution in [2.24, 2.45) is 0 Å². The van der Waals surface area contributed by atoms with Crippen LogP contribution in [-0.4, -0.2) is 0 Å². The fraction of sp³-hybridized carbons (Fsp3) is 0.200. The van der Waals surface area contributed by atoms with Crippen molar-refractivity contribution in [3.63, 3.8) is 0 Å². The van der Waals surface area contributed by atoms with Gasteiger partial charge in [-0.05, 0) is 70.8 Å². The SMILES string of the molecule is Fc1cccc2c1CCC2Nc1cccc(I)c1. The summed E-state index contributed by atoms with van der Waals surface area (Å²) in [6, 6.07) is 13.9. The summed E-state index contributed by atoms with van der Waals surface area (Å²) >= 11 is 2.30. The number of hydrogen-bond donors (Lipinski definition) is 1. The summed E-state index contributed by atoms with van der Waals surface area (Å²) in [6.45, 7) is 0. The Labute approximate surface area is 120 Å². The number of halogens is 2. The van der Waals surface area contributed by atoms with Gasteiger partial charge in [0.15, 0.2) is 0 Å². The van der Waals surface area contributed by atoms with Crippen molar-refractivity contribution in [1.29, 1.82) is 0 Å². The molecule has 0 heterocycles. The monoisotopic (exact) mass is 353 g/mol. The molecule has 1 atom stereocenters. The van der Waals surface area contributed by atoms with Gasteiger partial charge in [0.25, 0.3) is 0 Å². The molecule has 0 aliphatic heterocycles. The zero-order valence-corrected chi connectivity index (χ0v) is 11.9. The van der Waals surface area contributed by atoms with E-state index in [1.165, 1.54) is 3.57 Å². The number of fused-ring (bicyclic) bond motifs is 1. The average Bonchev–Trinajstić information content (AvgIpc) is 2.74. The molecule has 0 saturated heterocycles. The first-order valence-electron chi connectivity index (χ1n) is 6.03. The van der Waals surface area contributed by atoms with Crippen LogP contribution in [0.25, 0.3) is 0 Å². The van der Waals surface area contributed by atoms with Crippen LogP contribution in [-0.2, 0) is 6.42 Å². The van der Waals surface area contributed by atoms with Crippen molar-refractivity contribution >= 4 is 28.3 Å². The van der Waals surface area contributed by atoms with Crippen molar-refractivity contribution in [2.45, 2.75) is 18.9 Å². The Morgan fingerprint density at radius 1 is 1.17 bits per heavy atom. The standard InChI is InChI=1S/C15H13FIN/c16-14-6-2-5-13-12(14)7-8-15(13)18-11-4-1-3-10(17)9-11/h1-6,9,15,18H,7-8H2. The maximum atomic E-state index is 13.6. The molecule has 0 spiro atoms. The van der Waals surface area contributed by atoms with Gasteiger partial charge >= 0.3 is 0 Å². The predicted molar refractivity (Wildman–Crippen MR) is 80.2 cm³/mol. The molecule has 1 unspecified atom stereocenters. The fourth-order valence-corrected chi connectivity index (χ4v) is 3.08. The molecule has 0 fully saturated rings. The molecule has 92 valence electrons. The molecule has 0 saturated carbocycles. The number of nitrogens with one attached hydrogen (secondary N) is 1. The third kappa shape index (κ3) is 2.23. The lowest BCUT2D eigenvalue weighted by molar-refractivity contribution is 0.612. The molecular formula is C15H13FIN. The van der Waals surface area contributed by atoms with Gasteiger partial charge in [-0.1, -0.05) is 18.2 Å². The Bertz CT molecular complexity index is 582. The molecule has 1 N–H and O–H groups in total. The lowest BCUT2D eigenvalue weighted by Gasteiger charge is -2.15. The zero-order chi connectivity index (χ0) is 12.5. The first kappa shape index (κ1) is 12.0. The second-order valence-electron chi connectivity index (χ2n) is 4.55. The lowest BCUT2D eigenvalue weighted by atomic mass is 10.1. The summed E-state index contributed by atoms with van der Waals surface area (Å²) in [5, 5.41) is 3.49. The van der Waals surface area contributed by atoms with Gasteiger partial charge in [0, 0.05) is 9.26 Å². The first-order valence-corrected chi connectivity index (χ1v) is 7.11. The van der Waals surface area contributed by atoms with E-state index in [4.69, 9.17) is 0 Å². The largest absolute Gasteiger partial charge is 0.378 e. The molecular weight excluding hydrogens is 340 g/mol. The van der Waals surface area contributed by atoms with Gasteiger partial charge in [-0.3, -0.25) is 0 Å². The van der Waals surface area contributed by atoms with E-state index in [9.17, 15) is 4.39 Å². The topological polar surface area (TPSA) is 12.0 Å². The molecule has 1 aliphatic carbocycles. The van der Waals surface area contributed by atoms with Crippen LogP contribution in [0.4, 0.5) is 10.1 Å². The van der Waals surface area contributed by atoms with Gasteiger partial charge in [-0.2, -0.15) is 0 Å². The summed E-state index contributed by atoms with van der Waals surface area (Å²) < 4.78 is 14.8. The van der Waals surface area contributed by atoms with E-state index in [2.05, 4.69) is 46.1 Å². The van der Waals surface area contributed by atoms with E-state index in [0.29, 0.717) is 0 Å². The maximum absolute atomic E-state index is 13.6. The lowest BCUT2D eigenvalue weighted by Crippen LogP contribution is -2.07. The van der Waals surface area contributed by atoms with Crippen LogP contribution in [0, 0.1) is 9.39 Å². The van der Waals surface area contributed by atoms with Gasteiger partial charge in [0.05, 0.1) is 6.04 Å². The van der Waals surface area contributed by atoms with Gasteiger partial charge in [-0.15, -0.1) is 0 Å². The molecule has 1 nitrogen and oxygen atoms in total. The second-order valence-corrected chi connectivity index (χ2v) is 5.80. The van der Waals surface area contributed by atoms with E-state index in [1.807, 2.05) is 12.1 Å². The van der Waals surface area contributed by atoms with Crippen LogP contribution in [0.3, 0.4) is 0 Å². The number of anilines is 1. The Kier molecular flexibility index (Phi) is 3.24. The van der Waals surface area contributed by atoms with E-state index < -0.39 is 0 Å². The van der Waals surface area contributed by atoms with E-state index >= 15 is 0 Å². The van der Waals surface area contributed by atoms with Crippen molar-refractivity contribution in [3.05, 3.63) is 63.0 Å². The van der Waals surface area contributed by atoms with Gasteiger partial charge in [0.1, 0.15) is 5.82 Å². The smallest absolute Gasteiger partial charge is 0.126 e. The maximum Gasteiger partial charge on any atom is 0.126 e. The van der Waals surface area contributed by atoms with Crippen LogP contribution < -0.4 is 5.32 Å². The van der Waals surface area contributed by atoms with E-state index in [-0.39, 0.29) is 11.9 Å². The van der Waals surface area contributed by atoms with Gasteiger partial charge in [0.2, 0.25) is 0 Å². The molecule has 0 radical (unpaired) electrons. The van der Waals surface area contributed by atoms with Crippen LogP contribution in [0.5, 0.6) is 0 Å². The molecule has 2 aromatic rings. The minimum absolute atomic E-state index is 0.0700. The highest BCUT2D eigenvalue weighted by molar-refractivity contribution is 14.1. The second kappa shape index (κ2) is 4.88. The van der Waals surface area contributed by atoms with Crippen molar-refractivity contribution < 1.29 is 4.39 Å². The molecule has 18 heavy (non-hydrogen) atoms. The minimum atomic E-state index is -0.0700. The summed E-state index contributed by atoms with van der Waals surface area (Å²) in [5.74, 6) is -0.0700. The molecule has 0 aromatic heterocycles. The minimum Gasteiger partial charge on any atom is -0.378 e. The third-order valence-corrected chi connectivity index (χ3v) is 4.05. The van der Waals surface area contributed by atoms with Crippen LogP contribution in [0.2, 0.25) is 0 Å². The highest BCUT2D eigenvalue weighted by Crippen LogP contribution is 2.35. The molecule has 3 heteroatoms. The Morgan fingerprint density at radius 3 is 2.83 bits per heavy atom. The van der Waals surface area contributed by atoms with Crippen LogP contribution >= 0.6 is 22.6 Å². The Morgan fingerprint density at radius 2 is 2.00 bits per heavy atom. The normalized spacial score (nSPS) is 17.6. The summed E-state index contributed by atoms with van der Waals surface area (Å²) in [5.41, 5.74) is 3.08. The van der Waals surface area contributed by atoms with Crippen molar-refractivity contribution in [1.82, 2.24) is 0 Å². The van der Waals surface area contributed by atoms with E-state index in [0.717, 1.165) is 29.7 Å². The predicted octanol–water partition coefficient (Wildman–Crippen LogP) is 4.53. The number of rotatable bonds is 2. The zero-order valence-electron chi connectivity index (χ0n) is 9.79. The quantitative estimate of drug-likeness (QED) is 0.783. The average molecular weight is 353 g/mol. The van der Waals surface area contributed by atoms with Crippen LogP contribution in [0.1, 0.15) is 23.6 Å². The Balaban J connectivity index is 1.87. The first-order chi connectivity index (χ1) is 8.74. The van der Waals surface area contributed by atoms with Crippen molar-refractivity contribution in [3.8, 4) is 0 Å². The third-order valence-electron chi connectivity index (χ3n) is 3.38.